The van der Waals surface area contributed by atoms with Gasteiger partial charge < -0.3 is 29.7 Å². The fourth-order valence-corrected chi connectivity index (χ4v) is 9.15. The molecule has 342 valence electrons. The highest BCUT2D eigenvalue weighted by Crippen LogP contribution is 2.46. The molecule has 0 spiro atoms. The summed E-state index contributed by atoms with van der Waals surface area (Å²) in [5.41, 5.74) is -7.30. The first-order chi connectivity index (χ1) is 28.8. The molecule has 2 saturated carbocycles. The van der Waals surface area contributed by atoms with Gasteiger partial charge in [-0.25, -0.2) is 27.6 Å². The second-order valence-corrected chi connectivity index (χ2v) is 18.8. The van der Waals surface area contributed by atoms with Crippen molar-refractivity contribution in [1.29, 1.82) is 0 Å². The van der Waals surface area contributed by atoms with E-state index in [1.165, 1.54) is 0 Å². The topological polar surface area (TPSA) is 195 Å². The first kappa shape index (κ1) is 46.5. The van der Waals surface area contributed by atoms with Crippen molar-refractivity contribution < 1.29 is 72.5 Å². The Hall–Kier alpha value is -4.96. The quantitative estimate of drug-likeness (QED) is 0.214. The average molecular weight is 909 g/mol. The Labute approximate surface area is 351 Å². The molecule has 6 rings (SSSR count). The summed E-state index contributed by atoms with van der Waals surface area (Å²) in [5.74, 6) is -7.29. The Morgan fingerprint density at radius 3 is 2.32 bits per heavy atom. The summed E-state index contributed by atoms with van der Waals surface area (Å²) in [5, 5.41) is 4.06. The molecule has 1 aromatic carbocycles. The minimum atomic E-state index is -5.22. The molecule has 23 heteroatoms. The largest absolute Gasteiger partial charge is 0.494 e. The Morgan fingerprint density at radius 1 is 1.03 bits per heavy atom. The number of sulfonamides is 1. The van der Waals surface area contributed by atoms with E-state index in [1.54, 1.807) is 19.1 Å². The van der Waals surface area contributed by atoms with Crippen LogP contribution < -0.4 is 24.8 Å². The van der Waals surface area contributed by atoms with Gasteiger partial charge in [-0.05, 0) is 64.2 Å². The number of ether oxygens (including phenoxy) is 3. The number of benzene rings is 1. The molecular formula is C39H47F7N6O9S. The molecule has 4 amide bonds. The van der Waals surface area contributed by atoms with Gasteiger partial charge >= 0.3 is 18.4 Å². The molecule has 15 nitrogen and oxygen atoms in total. The summed E-state index contributed by atoms with van der Waals surface area (Å²) in [6.45, 7) is 4.06. The Bertz CT molecular complexity index is 2240. The fourth-order valence-electron chi connectivity index (χ4n) is 7.79. The van der Waals surface area contributed by atoms with Crippen LogP contribution in [0.25, 0.3) is 11.0 Å². The Morgan fingerprint density at radius 2 is 1.71 bits per heavy atom. The molecule has 1 aromatic heterocycles. The summed E-state index contributed by atoms with van der Waals surface area (Å²) < 4.78 is 142. The van der Waals surface area contributed by atoms with E-state index in [0.29, 0.717) is 45.6 Å². The van der Waals surface area contributed by atoms with Crippen LogP contribution >= 0.6 is 0 Å². The maximum atomic E-state index is 14.8. The maximum Gasteiger partial charge on any atom is 0.438 e. The van der Waals surface area contributed by atoms with Gasteiger partial charge in [0.25, 0.3) is 5.91 Å². The minimum Gasteiger partial charge on any atom is -0.494 e. The van der Waals surface area contributed by atoms with Crippen molar-refractivity contribution in [2.24, 2.45) is 17.8 Å². The number of halogens is 7. The Balaban J connectivity index is 1.41. The summed E-state index contributed by atoms with van der Waals surface area (Å²) in [4.78, 5) is 64.6. The van der Waals surface area contributed by atoms with Crippen molar-refractivity contribution in [2.45, 2.75) is 126 Å². The number of carbonyl (C=O) groups is 4. The third-order valence-electron chi connectivity index (χ3n) is 11.7. The molecule has 62 heavy (non-hydrogen) atoms. The van der Waals surface area contributed by atoms with E-state index in [2.05, 4.69) is 25.3 Å². The van der Waals surface area contributed by atoms with Crippen LogP contribution in [-0.2, 0) is 35.3 Å². The van der Waals surface area contributed by atoms with E-state index in [1.807, 2.05) is 6.92 Å². The number of aromatic nitrogens is 2. The molecule has 7 unspecified atom stereocenters. The van der Waals surface area contributed by atoms with Gasteiger partial charge in [-0.15, -0.1) is 0 Å². The van der Waals surface area contributed by atoms with Crippen LogP contribution in [0.3, 0.4) is 0 Å². The number of allylic oxidation sites excluding steroid dienone is 1. The second kappa shape index (κ2) is 17.0. The van der Waals surface area contributed by atoms with E-state index >= 15 is 0 Å². The standard InChI is InChI=1S/C39H47F7N6O9S/c1-6-20-13-19(2)9-7-8-10-21-17-37(21,34(55)51-62(57,58)23-11-12-23)50-31(53)27-14-22(18-52(27)33(54)29(20)49-35(56)61-36(3,4)39(44,45)46)60-32-30(38(41,42)43)47-25-15-24(40)28(59-5)16-26(25)48-32/h8,10,15-16,19-23,27,29H,6-7,9,11-14,17-18H2,1-5H3,(H,49,56)(H,50,53)(H,51,55). The number of hydrogen-bond donors (Lipinski definition) is 3. The number of carbonyl (C=O) groups excluding carboxylic acids is 4. The number of fused-ring (bicyclic) bond motifs is 3. The van der Waals surface area contributed by atoms with Crippen molar-refractivity contribution in [3.63, 3.8) is 0 Å². The van der Waals surface area contributed by atoms with Gasteiger partial charge in [0.2, 0.25) is 39.0 Å². The van der Waals surface area contributed by atoms with Gasteiger partial charge in [0.05, 0.1) is 29.9 Å². The van der Waals surface area contributed by atoms with Crippen molar-refractivity contribution in [2.75, 3.05) is 13.7 Å². The number of nitrogens with zero attached hydrogens (tertiary/aromatic N) is 3. The lowest BCUT2D eigenvalue weighted by Gasteiger charge is -2.35. The molecule has 4 aliphatic rings. The minimum absolute atomic E-state index is 0.0496. The van der Waals surface area contributed by atoms with Gasteiger partial charge in [0.15, 0.2) is 11.6 Å². The molecule has 0 radical (unpaired) electrons. The van der Waals surface area contributed by atoms with Crippen LogP contribution in [0.1, 0.15) is 84.8 Å². The number of amides is 4. The van der Waals surface area contributed by atoms with Crippen molar-refractivity contribution >= 4 is 44.9 Å². The maximum absolute atomic E-state index is 14.8. The zero-order valence-corrected chi connectivity index (χ0v) is 35.1. The lowest BCUT2D eigenvalue weighted by molar-refractivity contribution is -0.244. The summed E-state index contributed by atoms with van der Waals surface area (Å²) in [6, 6.07) is -1.67. The van der Waals surface area contributed by atoms with Crippen LogP contribution in [0.15, 0.2) is 24.3 Å². The van der Waals surface area contributed by atoms with Crippen LogP contribution in [0, 0.1) is 23.6 Å². The number of alkyl carbamates (subject to hydrolysis) is 1. The van der Waals surface area contributed by atoms with E-state index in [-0.39, 0.29) is 36.4 Å². The zero-order chi connectivity index (χ0) is 45.7. The molecule has 1 saturated heterocycles. The van der Waals surface area contributed by atoms with Crippen LogP contribution in [-0.4, -0.2) is 102 Å². The van der Waals surface area contributed by atoms with Crippen LogP contribution in [0.5, 0.6) is 11.6 Å². The second-order valence-electron chi connectivity index (χ2n) is 16.8. The van der Waals surface area contributed by atoms with Gasteiger partial charge in [-0.2, -0.15) is 26.3 Å². The predicted octanol–water partition coefficient (Wildman–Crippen LogP) is 5.47. The van der Waals surface area contributed by atoms with Gasteiger partial charge in [-0.1, -0.05) is 32.4 Å². The zero-order valence-electron chi connectivity index (χ0n) is 34.3. The molecule has 7 atom stereocenters. The van der Waals surface area contributed by atoms with Crippen molar-refractivity contribution in [3.05, 3.63) is 35.8 Å². The predicted molar refractivity (Wildman–Crippen MR) is 204 cm³/mol. The normalized spacial score (nSPS) is 27.6. The molecule has 2 aliphatic heterocycles. The van der Waals surface area contributed by atoms with Crippen molar-refractivity contribution in [1.82, 2.24) is 30.2 Å². The molecule has 2 aliphatic carbocycles. The van der Waals surface area contributed by atoms with Gasteiger partial charge in [0, 0.05) is 24.5 Å². The monoisotopic (exact) mass is 908 g/mol. The third-order valence-corrected chi connectivity index (χ3v) is 13.5. The van der Waals surface area contributed by atoms with E-state index < -0.39 is 128 Å². The highest BCUT2D eigenvalue weighted by Gasteiger charge is 2.62. The number of alkyl halides is 6. The number of methoxy groups -OCH3 is 1. The molecular weight excluding hydrogens is 862 g/mol. The highest BCUT2D eigenvalue weighted by molar-refractivity contribution is 7.91. The third kappa shape index (κ3) is 9.80. The average Bonchev–Trinajstić information content (AvgIpc) is 4.09. The number of rotatable bonds is 9. The Kier molecular flexibility index (Phi) is 12.7. The van der Waals surface area contributed by atoms with Crippen LogP contribution in [0.4, 0.5) is 35.5 Å². The molecule has 3 heterocycles. The van der Waals surface area contributed by atoms with E-state index in [9.17, 15) is 58.3 Å². The SMILES string of the molecule is CCC1CC(C)CCC=CC2CC2(C(=O)NS(=O)(=O)C2CC2)NC(=O)C2CC(Oc3nc4cc(OC)c(F)cc4nc3C(F)(F)F)CN2C(=O)C1NC(=O)OC(C)(C)C(F)(F)F. The summed E-state index contributed by atoms with van der Waals surface area (Å²) in [6.07, 6.45) is -8.54. The molecule has 3 fully saturated rings. The van der Waals surface area contributed by atoms with E-state index in [4.69, 9.17) is 14.2 Å². The van der Waals surface area contributed by atoms with Gasteiger partial charge in [-0.3, -0.25) is 19.1 Å². The summed E-state index contributed by atoms with van der Waals surface area (Å²) in [7, 11) is -3.00. The highest BCUT2D eigenvalue weighted by atomic mass is 32.2. The molecule has 3 N–H and O–H groups in total. The lowest BCUT2D eigenvalue weighted by Crippen LogP contribution is -2.59. The van der Waals surface area contributed by atoms with E-state index in [0.717, 1.165) is 18.1 Å². The fraction of sp³-hybridized carbons (Fsp3) is 0.641. The summed E-state index contributed by atoms with van der Waals surface area (Å²) >= 11 is 0. The lowest BCUT2D eigenvalue weighted by atomic mass is 9.85. The molecule has 0 bridgehead atoms. The smallest absolute Gasteiger partial charge is 0.438 e. The van der Waals surface area contributed by atoms with Gasteiger partial charge in [0.1, 0.15) is 23.7 Å². The van der Waals surface area contributed by atoms with Crippen LogP contribution in [0.2, 0.25) is 0 Å². The number of hydrogen-bond acceptors (Lipinski definition) is 11. The number of nitrogens with one attached hydrogen (secondary N) is 3. The van der Waals surface area contributed by atoms with Crippen molar-refractivity contribution in [3.8, 4) is 11.6 Å². The molecule has 2 aromatic rings. The first-order valence-corrected chi connectivity index (χ1v) is 21.5. The first-order valence-electron chi connectivity index (χ1n) is 20.0.